The minimum absolute atomic E-state index is 0.0711. The van der Waals surface area contributed by atoms with Crippen molar-refractivity contribution in [3.63, 3.8) is 0 Å². The first kappa shape index (κ1) is 21.4. The molecule has 0 aromatic heterocycles. The number of aryl methyl sites for hydroxylation is 2. The fraction of sp³-hybridized carbons (Fsp3) is 0.435. The summed E-state index contributed by atoms with van der Waals surface area (Å²) in [5.74, 6) is 0.0711. The van der Waals surface area contributed by atoms with Crippen LogP contribution in [0.3, 0.4) is 0 Å². The summed E-state index contributed by atoms with van der Waals surface area (Å²) >= 11 is 0. The molecule has 0 radical (unpaired) electrons. The number of hydrogen-bond acceptors (Lipinski definition) is 3. The summed E-state index contributed by atoms with van der Waals surface area (Å²) < 4.78 is 28.3. The lowest BCUT2D eigenvalue weighted by Crippen LogP contribution is -2.51. The van der Waals surface area contributed by atoms with E-state index in [0.29, 0.717) is 11.3 Å². The molecule has 29 heavy (non-hydrogen) atoms. The Morgan fingerprint density at radius 2 is 1.76 bits per heavy atom. The van der Waals surface area contributed by atoms with Crippen LogP contribution in [0, 0.1) is 13.8 Å². The second-order valence-electron chi connectivity index (χ2n) is 8.17. The average molecular weight is 415 g/mol. The standard InChI is InChI=1S/C23H30N2O3S/c1-5-18(4)24-22(26)23(13-6-14-23)19-9-11-20(12-10-19)25-29(27,28)21-15-16(2)7-8-17(21)3/h7-12,15,18,25H,5-6,13-14H2,1-4H3,(H,24,26)/t18-/m1/s1. The number of nitrogens with one attached hydrogen (secondary N) is 2. The van der Waals surface area contributed by atoms with Crippen molar-refractivity contribution in [2.75, 3.05) is 4.72 Å². The maximum Gasteiger partial charge on any atom is 0.262 e. The molecule has 0 saturated heterocycles. The van der Waals surface area contributed by atoms with Crippen molar-refractivity contribution in [2.24, 2.45) is 0 Å². The Morgan fingerprint density at radius 3 is 2.31 bits per heavy atom. The largest absolute Gasteiger partial charge is 0.353 e. The Kier molecular flexibility index (Phi) is 6.03. The second-order valence-corrected chi connectivity index (χ2v) is 9.82. The van der Waals surface area contributed by atoms with Crippen LogP contribution in [0.25, 0.3) is 0 Å². The normalized spacial score (nSPS) is 16.6. The van der Waals surface area contributed by atoms with Crippen LogP contribution in [0.1, 0.15) is 56.2 Å². The quantitative estimate of drug-likeness (QED) is 0.703. The minimum Gasteiger partial charge on any atom is -0.353 e. The summed E-state index contributed by atoms with van der Waals surface area (Å²) in [6.45, 7) is 7.72. The molecule has 5 nitrogen and oxygen atoms in total. The van der Waals surface area contributed by atoms with Gasteiger partial charge in [0.25, 0.3) is 10.0 Å². The summed E-state index contributed by atoms with van der Waals surface area (Å²) in [5, 5.41) is 3.11. The number of carbonyl (C=O) groups excluding carboxylic acids is 1. The topological polar surface area (TPSA) is 75.3 Å². The van der Waals surface area contributed by atoms with Crippen molar-refractivity contribution in [1.29, 1.82) is 0 Å². The smallest absolute Gasteiger partial charge is 0.262 e. The third-order valence-corrected chi connectivity index (χ3v) is 7.48. The molecule has 0 aliphatic heterocycles. The zero-order valence-corrected chi connectivity index (χ0v) is 18.4. The van der Waals surface area contributed by atoms with Crippen LogP contribution in [-0.4, -0.2) is 20.4 Å². The van der Waals surface area contributed by atoms with Crippen molar-refractivity contribution in [2.45, 2.75) is 69.7 Å². The summed E-state index contributed by atoms with van der Waals surface area (Å²) in [5.41, 5.74) is 2.54. The number of anilines is 1. The van der Waals surface area contributed by atoms with Gasteiger partial charge in [-0.15, -0.1) is 0 Å². The molecule has 1 saturated carbocycles. The molecular formula is C23H30N2O3S. The first-order valence-corrected chi connectivity index (χ1v) is 11.7. The van der Waals surface area contributed by atoms with E-state index in [1.165, 1.54) is 0 Å². The molecule has 3 rings (SSSR count). The molecule has 1 amide bonds. The Hall–Kier alpha value is -2.34. The van der Waals surface area contributed by atoms with E-state index in [2.05, 4.69) is 17.0 Å². The number of carbonyl (C=O) groups is 1. The predicted octanol–water partition coefficient (Wildman–Crippen LogP) is 4.44. The molecule has 2 aromatic rings. The van der Waals surface area contributed by atoms with Crippen molar-refractivity contribution in [1.82, 2.24) is 5.32 Å². The lowest BCUT2D eigenvalue weighted by molar-refractivity contribution is -0.130. The lowest BCUT2D eigenvalue weighted by atomic mass is 9.63. The van der Waals surface area contributed by atoms with Gasteiger partial charge in [0.05, 0.1) is 10.3 Å². The van der Waals surface area contributed by atoms with Gasteiger partial charge in [0, 0.05) is 11.7 Å². The number of hydrogen-bond donors (Lipinski definition) is 2. The third-order valence-electron chi connectivity index (χ3n) is 5.95. The van der Waals surface area contributed by atoms with Crippen molar-refractivity contribution >= 4 is 21.6 Å². The maximum atomic E-state index is 12.9. The van der Waals surface area contributed by atoms with Gasteiger partial charge in [-0.05, 0) is 74.9 Å². The molecule has 1 fully saturated rings. The maximum absolute atomic E-state index is 12.9. The van der Waals surface area contributed by atoms with E-state index in [1.807, 2.05) is 38.1 Å². The third kappa shape index (κ3) is 4.32. The molecule has 1 aliphatic carbocycles. The van der Waals surface area contributed by atoms with Crippen LogP contribution in [0.5, 0.6) is 0 Å². The molecule has 2 aromatic carbocycles. The average Bonchev–Trinajstić information content (AvgIpc) is 2.63. The fourth-order valence-corrected chi connectivity index (χ4v) is 5.09. The summed E-state index contributed by atoms with van der Waals surface area (Å²) in [7, 11) is -3.67. The molecule has 6 heteroatoms. The van der Waals surface area contributed by atoms with Gasteiger partial charge in [0.1, 0.15) is 0 Å². The molecular weight excluding hydrogens is 384 g/mol. The van der Waals surface area contributed by atoms with Gasteiger partial charge in [-0.3, -0.25) is 9.52 Å². The summed E-state index contributed by atoms with van der Waals surface area (Å²) in [4.78, 5) is 13.1. The van der Waals surface area contributed by atoms with Gasteiger partial charge < -0.3 is 5.32 Å². The highest BCUT2D eigenvalue weighted by Crippen LogP contribution is 2.44. The number of amides is 1. The van der Waals surface area contributed by atoms with E-state index >= 15 is 0 Å². The molecule has 156 valence electrons. The van der Waals surface area contributed by atoms with Gasteiger partial charge in [-0.1, -0.05) is 37.6 Å². The van der Waals surface area contributed by atoms with E-state index in [9.17, 15) is 13.2 Å². The lowest BCUT2D eigenvalue weighted by Gasteiger charge is -2.41. The molecule has 0 unspecified atom stereocenters. The van der Waals surface area contributed by atoms with Crippen molar-refractivity contribution in [3.8, 4) is 0 Å². The first-order chi connectivity index (χ1) is 13.7. The monoisotopic (exact) mass is 414 g/mol. The van der Waals surface area contributed by atoms with E-state index in [4.69, 9.17) is 0 Å². The van der Waals surface area contributed by atoms with Crippen molar-refractivity contribution < 1.29 is 13.2 Å². The molecule has 2 N–H and O–H groups in total. The van der Waals surface area contributed by atoms with Crippen LogP contribution in [0.15, 0.2) is 47.4 Å². The van der Waals surface area contributed by atoms with E-state index in [-0.39, 0.29) is 16.8 Å². The van der Waals surface area contributed by atoms with Gasteiger partial charge in [0.15, 0.2) is 0 Å². The molecule has 0 heterocycles. The van der Waals surface area contributed by atoms with Crippen molar-refractivity contribution in [3.05, 3.63) is 59.2 Å². The Morgan fingerprint density at radius 1 is 1.10 bits per heavy atom. The molecule has 0 spiro atoms. The first-order valence-electron chi connectivity index (χ1n) is 10.2. The summed E-state index contributed by atoms with van der Waals surface area (Å²) in [6.07, 6.45) is 3.56. The van der Waals surface area contributed by atoms with Gasteiger partial charge in [-0.2, -0.15) is 0 Å². The van der Waals surface area contributed by atoms with Crippen LogP contribution >= 0.6 is 0 Å². The Bertz CT molecular complexity index is 993. The zero-order valence-electron chi connectivity index (χ0n) is 17.6. The van der Waals surface area contributed by atoms with Gasteiger partial charge >= 0.3 is 0 Å². The highest BCUT2D eigenvalue weighted by molar-refractivity contribution is 7.92. The van der Waals surface area contributed by atoms with Crippen LogP contribution in [0.2, 0.25) is 0 Å². The number of benzene rings is 2. The number of rotatable bonds is 7. The van der Waals surface area contributed by atoms with E-state index in [1.54, 1.807) is 25.1 Å². The van der Waals surface area contributed by atoms with Crippen LogP contribution in [0.4, 0.5) is 5.69 Å². The molecule has 0 bridgehead atoms. The van der Waals surface area contributed by atoms with Gasteiger partial charge in [-0.25, -0.2) is 8.42 Å². The SMILES string of the molecule is CC[C@@H](C)NC(=O)C1(c2ccc(NS(=O)(=O)c3cc(C)ccc3C)cc2)CCC1. The molecule has 1 aliphatic rings. The summed E-state index contributed by atoms with van der Waals surface area (Å²) in [6, 6.07) is 12.8. The second kappa shape index (κ2) is 8.19. The van der Waals surface area contributed by atoms with Crippen LogP contribution < -0.4 is 10.0 Å². The predicted molar refractivity (Wildman–Crippen MR) is 117 cm³/mol. The van der Waals surface area contributed by atoms with E-state index in [0.717, 1.165) is 36.8 Å². The van der Waals surface area contributed by atoms with E-state index < -0.39 is 15.4 Å². The molecule has 1 atom stereocenters. The minimum atomic E-state index is -3.67. The Labute approximate surface area is 174 Å². The highest BCUT2D eigenvalue weighted by atomic mass is 32.2. The van der Waals surface area contributed by atoms with Crippen LogP contribution in [-0.2, 0) is 20.2 Å². The number of sulfonamides is 1. The fourth-order valence-electron chi connectivity index (χ4n) is 3.71. The highest BCUT2D eigenvalue weighted by Gasteiger charge is 2.45. The Balaban J connectivity index is 1.81. The van der Waals surface area contributed by atoms with Gasteiger partial charge in [0.2, 0.25) is 5.91 Å². The zero-order chi connectivity index (χ0) is 21.2.